The van der Waals surface area contributed by atoms with Gasteiger partial charge in [0.1, 0.15) is 13.2 Å². The zero-order chi connectivity index (χ0) is 25.1. The quantitative estimate of drug-likeness (QED) is 0.172. The molecule has 0 heterocycles. The van der Waals surface area contributed by atoms with Crippen LogP contribution in [0.15, 0.2) is 78.9 Å². The monoisotopic (exact) mass is 489 g/mol. The zero-order valence-electron chi connectivity index (χ0n) is 21.7. The van der Waals surface area contributed by atoms with Gasteiger partial charge in [0.15, 0.2) is 11.5 Å². The molecule has 0 atom stereocenters. The van der Waals surface area contributed by atoms with E-state index in [1.165, 1.54) is 56.9 Å². The van der Waals surface area contributed by atoms with Gasteiger partial charge in [0, 0.05) is 13.2 Å². The number of aliphatic hydroxyl groups is 1. The third-order valence-corrected chi connectivity index (χ3v) is 6.32. The lowest BCUT2D eigenvalue weighted by Gasteiger charge is -2.15. The van der Waals surface area contributed by atoms with Crippen LogP contribution in [-0.2, 0) is 19.8 Å². The molecule has 4 heteroatoms. The Morgan fingerprint density at radius 3 is 1.64 bits per heavy atom. The fraction of sp³-hybridized carbons (Fsp3) is 0.438. The molecule has 0 saturated carbocycles. The van der Waals surface area contributed by atoms with Gasteiger partial charge in [-0.1, -0.05) is 112 Å². The topological polar surface area (TPSA) is 50.7 Å². The van der Waals surface area contributed by atoms with Gasteiger partial charge in [0.05, 0.1) is 0 Å². The first kappa shape index (κ1) is 27.8. The molecule has 0 aliphatic rings. The first-order valence-corrected chi connectivity index (χ1v) is 13.6. The molecule has 0 fully saturated rings. The molecule has 0 radical (unpaired) electrons. The molecule has 0 aromatic heterocycles. The van der Waals surface area contributed by atoms with Gasteiger partial charge in [-0.15, -0.1) is 0 Å². The van der Waals surface area contributed by atoms with Gasteiger partial charge in [0.2, 0.25) is 0 Å². The molecule has 0 aliphatic heterocycles. The maximum atomic E-state index is 8.82. The number of hydrogen-bond acceptors (Lipinski definition) is 4. The lowest BCUT2D eigenvalue weighted by atomic mass is 10.1. The predicted octanol–water partition coefficient (Wildman–Crippen LogP) is 7.44. The van der Waals surface area contributed by atoms with Crippen molar-refractivity contribution in [1.82, 2.24) is 5.32 Å². The number of nitrogens with one attached hydrogen (secondary N) is 1. The van der Waals surface area contributed by atoms with Crippen LogP contribution < -0.4 is 14.8 Å². The molecule has 0 saturated heterocycles. The minimum absolute atomic E-state index is 0.335. The average Bonchev–Trinajstić information content (AvgIpc) is 2.93. The van der Waals surface area contributed by atoms with Crippen molar-refractivity contribution in [2.45, 2.75) is 77.5 Å². The first-order valence-electron chi connectivity index (χ1n) is 13.6. The molecule has 36 heavy (non-hydrogen) atoms. The minimum atomic E-state index is 0.335. The molecule has 0 amide bonds. The number of ether oxygens (including phenoxy) is 2. The summed E-state index contributed by atoms with van der Waals surface area (Å²) in [5.41, 5.74) is 3.48. The van der Waals surface area contributed by atoms with Gasteiger partial charge in [-0.2, -0.15) is 0 Å². The average molecular weight is 490 g/mol. The lowest BCUT2D eigenvalue weighted by molar-refractivity contribution is 0.255. The number of rotatable bonds is 19. The van der Waals surface area contributed by atoms with Crippen LogP contribution in [0.25, 0.3) is 0 Å². The molecule has 0 unspecified atom stereocenters. The highest BCUT2D eigenvalue weighted by Gasteiger charge is 2.08. The van der Waals surface area contributed by atoms with Crippen molar-refractivity contribution in [2.75, 3.05) is 13.2 Å². The lowest BCUT2D eigenvalue weighted by Crippen LogP contribution is -2.14. The van der Waals surface area contributed by atoms with E-state index < -0.39 is 0 Å². The highest BCUT2D eigenvalue weighted by Crippen LogP contribution is 2.30. The fourth-order valence-electron chi connectivity index (χ4n) is 4.20. The smallest absolute Gasteiger partial charge is 0.162 e. The van der Waals surface area contributed by atoms with E-state index in [4.69, 9.17) is 14.6 Å². The van der Waals surface area contributed by atoms with Gasteiger partial charge in [-0.05, 0) is 48.2 Å². The predicted molar refractivity (Wildman–Crippen MR) is 148 cm³/mol. The summed E-state index contributed by atoms with van der Waals surface area (Å²) in [6.07, 6.45) is 11.1. The Hall–Kier alpha value is -2.82. The van der Waals surface area contributed by atoms with Crippen LogP contribution >= 0.6 is 0 Å². The number of hydrogen-bond donors (Lipinski definition) is 2. The molecular weight excluding hydrogens is 446 g/mol. The number of aliphatic hydroxyl groups excluding tert-OH is 1. The molecular formula is C32H43NO3. The molecule has 4 nitrogen and oxygen atoms in total. The summed E-state index contributed by atoms with van der Waals surface area (Å²) < 4.78 is 12.3. The minimum Gasteiger partial charge on any atom is -0.485 e. The van der Waals surface area contributed by atoms with Gasteiger partial charge in [-0.3, -0.25) is 0 Å². The van der Waals surface area contributed by atoms with Crippen LogP contribution in [0.5, 0.6) is 11.5 Å². The van der Waals surface area contributed by atoms with Crippen LogP contribution in [0, 0.1) is 0 Å². The van der Waals surface area contributed by atoms with E-state index in [9.17, 15) is 0 Å². The Morgan fingerprint density at radius 1 is 0.528 bits per heavy atom. The summed E-state index contributed by atoms with van der Waals surface area (Å²) in [6, 6.07) is 26.7. The first-order chi connectivity index (χ1) is 17.8. The summed E-state index contributed by atoms with van der Waals surface area (Å²) in [7, 11) is 0. The largest absolute Gasteiger partial charge is 0.485 e. The third kappa shape index (κ3) is 11.3. The summed E-state index contributed by atoms with van der Waals surface area (Å²) >= 11 is 0. The van der Waals surface area contributed by atoms with Gasteiger partial charge in [0.25, 0.3) is 0 Å². The summed E-state index contributed by atoms with van der Waals surface area (Å²) in [6.45, 7) is 3.22. The van der Waals surface area contributed by atoms with Crippen molar-refractivity contribution < 1.29 is 14.6 Å². The summed E-state index contributed by atoms with van der Waals surface area (Å²) in [4.78, 5) is 0. The van der Waals surface area contributed by atoms with Crippen LogP contribution in [0.4, 0.5) is 0 Å². The third-order valence-electron chi connectivity index (χ3n) is 6.32. The van der Waals surface area contributed by atoms with Crippen LogP contribution in [0.2, 0.25) is 0 Å². The van der Waals surface area contributed by atoms with Gasteiger partial charge >= 0.3 is 0 Å². The standard InChI is InChI=1S/C32H43NO3/c34-23-15-7-5-3-1-2-4-6-14-22-33-25-30-20-21-31(35-26-28-16-10-8-11-17-28)32(24-30)36-27-29-18-12-9-13-19-29/h8-13,16-21,24,33-34H,1-7,14-15,22-23,25-27H2. The second kappa shape index (κ2) is 17.6. The van der Waals surface area contributed by atoms with Crippen LogP contribution in [-0.4, -0.2) is 18.3 Å². The number of unbranched alkanes of at least 4 members (excludes halogenated alkanes) is 8. The van der Waals surface area contributed by atoms with Crippen molar-refractivity contribution in [3.05, 3.63) is 95.6 Å². The normalized spacial score (nSPS) is 10.9. The Morgan fingerprint density at radius 2 is 1.06 bits per heavy atom. The van der Waals surface area contributed by atoms with Gasteiger partial charge < -0.3 is 19.9 Å². The Bertz CT molecular complexity index is 946. The molecule has 194 valence electrons. The maximum absolute atomic E-state index is 8.82. The van der Waals surface area contributed by atoms with E-state index in [0.29, 0.717) is 19.8 Å². The molecule has 3 aromatic rings. The fourth-order valence-corrected chi connectivity index (χ4v) is 4.20. The van der Waals surface area contributed by atoms with Crippen molar-refractivity contribution in [3.63, 3.8) is 0 Å². The van der Waals surface area contributed by atoms with Crippen LogP contribution in [0.1, 0.15) is 74.5 Å². The van der Waals surface area contributed by atoms with Crippen molar-refractivity contribution in [1.29, 1.82) is 0 Å². The Balaban J connectivity index is 1.41. The van der Waals surface area contributed by atoms with E-state index in [2.05, 4.69) is 41.7 Å². The molecule has 0 bridgehead atoms. The SMILES string of the molecule is OCCCCCCCCCCCNCc1ccc(OCc2ccccc2)c(OCc2ccccc2)c1. The maximum Gasteiger partial charge on any atom is 0.162 e. The second-order valence-corrected chi connectivity index (χ2v) is 9.41. The van der Waals surface area contributed by atoms with E-state index in [1.807, 2.05) is 42.5 Å². The Labute approximate surface area is 217 Å². The molecule has 3 aromatic carbocycles. The zero-order valence-corrected chi connectivity index (χ0v) is 21.7. The highest BCUT2D eigenvalue weighted by molar-refractivity contribution is 5.43. The van der Waals surface area contributed by atoms with Gasteiger partial charge in [-0.25, -0.2) is 0 Å². The number of benzene rings is 3. The Kier molecular flexibility index (Phi) is 13.6. The van der Waals surface area contributed by atoms with Crippen molar-refractivity contribution in [3.8, 4) is 11.5 Å². The van der Waals surface area contributed by atoms with Crippen LogP contribution in [0.3, 0.4) is 0 Å². The van der Waals surface area contributed by atoms with E-state index in [0.717, 1.165) is 42.1 Å². The van der Waals surface area contributed by atoms with E-state index in [1.54, 1.807) is 0 Å². The van der Waals surface area contributed by atoms with Crippen molar-refractivity contribution in [2.24, 2.45) is 0 Å². The van der Waals surface area contributed by atoms with E-state index >= 15 is 0 Å². The molecule has 0 spiro atoms. The molecule has 2 N–H and O–H groups in total. The molecule has 3 rings (SSSR count). The summed E-state index contributed by atoms with van der Waals surface area (Å²) in [5.74, 6) is 1.56. The molecule has 0 aliphatic carbocycles. The second-order valence-electron chi connectivity index (χ2n) is 9.41. The van der Waals surface area contributed by atoms with E-state index in [-0.39, 0.29) is 0 Å². The van der Waals surface area contributed by atoms with Crippen molar-refractivity contribution >= 4 is 0 Å². The highest BCUT2D eigenvalue weighted by atomic mass is 16.5. The summed E-state index contributed by atoms with van der Waals surface area (Å²) in [5, 5.41) is 12.4.